The molecule has 2 rings (SSSR count). The fourth-order valence-corrected chi connectivity index (χ4v) is 2.15. The molecule has 0 spiro atoms. The van der Waals surface area contributed by atoms with E-state index in [4.69, 9.17) is 0 Å². The maximum Gasteiger partial charge on any atom is 0.329 e. The maximum atomic E-state index is 12.1. The number of carbonyl (C=O) groups is 2. The Morgan fingerprint density at radius 1 is 1.45 bits per heavy atom. The van der Waals surface area contributed by atoms with Crippen LogP contribution in [0.2, 0.25) is 0 Å². The molecule has 0 radical (unpaired) electrons. The topological polar surface area (TPSA) is 101 Å². The third kappa shape index (κ3) is 2.56. The smallest absolute Gasteiger partial charge is 0.329 e. The summed E-state index contributed by atoms with van der Waals surface area (Å²) in [6.45, 7) is 2.32. The van der Waals surface area contributed by atoms with Crippen molar-refractivity contribution in [1.82, 2.24) is 15.1 Å². The molecular formula is C13H17N3O4. The lowest BCUT2D eigenvalue weighted by atomic mass is 9.76. The minimum atomic E-state index is -1.18. The Labute approximate surface area is 115 Å². The largest absolute Gasteiger partial charge is 0.480 e. The molecule has 0 aliphatic heterocycles. The molecule has 1 aliphatic rings. The Balaban J connectivity index is 2.19. The third-order valence-corrected chi connectivity index (χ3v) is 3.50. The second-order valence-electron chi connectivity index (χ2n) is 4.97. The van der Waals surface area contributed by atoms with E-state index in [1.54, 1.807) is 0 Å². The number of carboxylic acid groups (broad SMARTS) is 1. The van der Waals surface area contributed by atoms with Gasteiger partial charge in [0.2, 0.25) is 0 Å². The number of nitrogens with zero attached hydrogens (tertiary/aromatic N) is 2. The van der Waals surface area contributed by atoms with E-state index in [-0.39, 0.29) is 11.3 Å². The van der Waals surface area contributed by atoms with Crippen LogP contribution in [0.4, 0.5) is 0 Å². The number of rotatable bonds is 5. The molecule has 7 heteroatoms. The van der Waals surface area contributed by atoms with Crippen LogP contribution in [0.3, 0.4) is 0 Å². The molecule has 1 aromatic rings. The summed E-state index contributed by atoms with van der Waals surface area (Å²) < 4.78 is 1.21. The van der Waals surface area contributed by atoms with Crippen LogP contribution in [0.5, 0.6) is 0 Å². The molecule has 1 heterocycles. The second kappa shape index (κ2) is 5.44. The number of hydrogen-bond acceptors (Lipinski definition) is 4. The van der Waals surface area contributed by atoms with Crippen LogP contribution in [-0.2, 0) is 11.3 Å². The Bertz CT molecular complexity index is 590. The van der Waals surface area contributed by atoms with E-state index in [1.165, 1.54) is 16.8 Å². The zero-order valence-electron chi connectivity index (χ0n) is 11.3. The summed E-state index contributed by atoms with van der Waals surface area (Å²) in [5.41, 5.74) is -1.39. The van der Waals surface area contributed by atoms with Crippen LogP contribution >= 0.6 is 0 Å². The van der Waals surface area contributed by atoms with Crippen molar-refractivity contribution in [3.8, 4) is 0 Å². The van der Waals surface area contributed by atoms with E-state index in [0.29, 0.717) is 19.4 Å². The first-order valence-electron chi connectivity index (χ1n) is 6.62. The van der Waals surface area contributed by atoms with Gasteiger partial charge in [0.1, 0.15) is 11.2 Å². The first-order chi connectivity index (χ1) is 9.48. The van der Waals surface area contributed by atoms with Gasteiger partial charge in [0.15, 0.2) is 0 Å². The standard InChI is InChI=1S/C13H17N3O4/c1-2-8-16-10(17)5-4-9(15-16)11(18)14-13(12(19)20)6-3-7-13/h4-5H,2-3,6-8H2,1H3,(H,14,18)(H,19,20). The SMILES string of the molecule is CCCn1nc(C(=O)NC2(C(=O)O)CCC2)ccc1=O. The molecule has 2 N–H and O–H groups in total. The second-order valence-corrected chi connectivity index (χ2v) is 4.97. The molecule has 1 amide bonds. The van der Waals surface area contributed by atoms with E-state index in [0.717, 1.165) is 12.8 Å². The molecule has 1 aliphatic carbocycles. The normalized spacial score (nSPS) is 16.2. The zero-order valence-corrected chi connectivity index (χ0v) is 11.3. The summed E-state index contributed by atoms with van der Waals surface area (Å²) in [6, 6.07) is 2.59. The highest BCUT2D eigenvalue weighted by Crippen LogP contribution is 2.32. The minimum absolute atomic E-state index is 0.0607. The Morgan fingerprint density at radius 2 is 2.15 bits per heavy atom. The molecular weight excluding hydrogens is 262 g/mol. The number of aromatic nitrogens is 2. The summed E-state index contributed by atoms with van der Waals surface area (Å²) in [5.74, 6) is -1.59. The number of aliphatic carboxylic acids is 1. The van der Waals surface area contributed by atoms with Crippen molar-refractivity contribution in [2.75, 3.05) is 0 Å². The lowest BCUT2D eigenvalue weighted by Gasteiger charge is -2.38. The zero-order chi connectivity index (χ0) is 14.8. The molecule has 108 valence electrons. The van der Waals surface area contributed by atoms with Gasteiger partial charge < -0.3 is 10.4 Å². The maximum absolute atomic E-state index is 12.1. The molecule has 0 atom stereocenters. The Hall–Kier alpha value is -2.18. The lowest BCUT2D eigenvalue weighted by Crippen LogP contribution is -2.59. The summed E-state index contributed by atoms with van der Waals surface area (Å²) in [5, 5.41) is 15.7. The van der Waals surface area contributed by atoms with E-state index in [9.17, 15) is 19.5 Å². The average molecular weight is 279 g/mol. The van der Waals surface area contributed by atoms with E-state index in [2.05, 4.69) is 10.4 Å². The molecule has 0 unspecified atom stereocenters. The van der Waals surface area contributed by atoms with Crippen LogP contribution in [-0.4, -0.2) is 32.3 Å². The molecule has 20 heavy (non-hydrogen) atoms. The van der Waals surface area contributed by atoms with Crippen molar-refractivity contribution in [1.29, 1.82) is 0 Å². The highest BCUT2D eigenvalue weighted by atomic mass is 16.4. The van der Waals surface area contributed by atoms with Crippen molar-refractivity contribution in [3.05, 3.63) is 28.2 Å². The van der Waals surface area contributed by atoms with Gasteiger partial charge in [-0.3, -0.25) is 9.59 Å². The molecule has 0 saturated heterocycles. The van der Waals surface area contributed by atoms with Gasteiger partial charge in [0, 0.05) is 12.6 Å². The van der Waals surface area contributed by atoms with Crippen LogP contribution in [0.1, 0.15) is 43.1 Å². The molecule has 0 bridgehead atoms. The van der Waals surface area contributed by atoms with Gasteiger partial charge in [0.05, 0.1) is 0 Å². The number of hydrogen-bond donors (Lipinski definition) is 2. The average Bonchev–Trinajstić information content (AvgIpc) is 2.36. The van der Waals surface area contributed by atoms with Crippen molar-refractivity contribution in [2.24, 2.45) is 0 Å². The number of aryl methyl sites for hydroxylation is 1. The third-order valence-electron chi connectivity index (χ3n) is 3.50. The van der Waals surface area contributed by atoms with Crippen molar-refractivity contribution in [2.45, 2.75) is 44.7 Å². The van der Waals surface area contributed by atoms with Crippen molar-refractivity contribution < 1.29 is 14.7 Å². The molecule has 0 aromatic carbocycles. The highest BCUT2D eigenvalue weighted by Gasteiger charge is 2.46. The monoisotopic (exact) mass is 279 g/mol. The number of carbonyl (C=O) groups excluding carboxylic acids is 1. The molecule has 7 nitrogen and oxygen atoms in total. The molecule has 1 saturated carbocycles. The van der Waals surface area contributed by atoms with Gasteiger partial charge in [0.25, 0.3) is 11.5 Å². The number of carboxylic acids is 1. The van der Waals surface area contributed by atoms with Crippen LogP contribution in [0.25, 0.3) is 0 Å². The van der Waals surface area contributed by atoms with Gasteiger partial charge in [-0.2, -0.15) is 5.10 Å². The number of nitrogens with one attached hydrogen (secondary N) is 1. The summed E-state index contributed by atoms with van der Waals surface area (Å²) in [6.07, 6.45) is 2.33. The first kappa shape index (κ1) is 14.2. The fraction of sp³-hybridized carbons (Fsp3) is 0.538. The predicted molar refractivity (Wildman–Crippen MR) is 70.5 cm³/mol. The van der Waals surface area contributed by atoms with E-state index >= 15 is 0 Å². The minimum Gasteiger partial charge on any atom is -0.480 e. The predicted octanol–water partition coefficient (Wildman–Crippen LogP) is 0.390. The fourth-order valence-electron chi connectivity index (χ4n) is 2.15. The van der Waals surface area contributed by atoms with Gasteiger partial charge in [-0.1, -0.05) is 6.92 Å². The quantitative estimate of drug-likeness (QED) is 0.812. The summed E-state index contributed by atoms with van der Waals surface area (Å²) >= 11 is 0. The summed E-state index contributed by atoms with van der Waals surface area (Å²) in [4.78, 5) is 34.8. The van der Waals surface area contributed by atoms with Gasteiger partial charge in [-0.25, -0.2) is 9.48 Å². The Morgan fingerprint density at radius 3 is 2.65 bits per heavy atom. The van der Waals surface area contributed by atoms with Gasteiger partial charge >= 0.3 is 5.97 Å². The molecule has 1 aromatic heterocycles. The van der Waals surface area contributed by atoms with Gasteiger partial charge in [-0.15, -0.1) is 0 Å². The highest BCUT2D eigenvalue weighted by molar-refractivity contribution is 5.96. The van der Waals surface area contributed by atoms with Crippen LogP contribution in [0, 0.1) is 0 Å². The van der Waals surface area contributed by atoms with E-state index in [1.807, 2.05) is 6.92 Å². The van der Waals surface area contributed by atoms with Crippen molar-refractivity contribution >= 4 is 11.9 Å². The lowest BCUT2D eigenvalue weighted by molar-refractivity contribution is -0.148. The van der Waals surface area contributed by atoms with E-state index < -0.39 is 17.4 Å². The van der Waals surface area contributed by atoms with Crippen molar-refractivity contribution in [3.63, 3.8) is 0 Å². The molecule has 1 fully saturated rings. The Kier molecular flexibility index (Phi) is 3.87. The summed E-state index contributed by atoms with van der Waals surface area (Å²) in [7, 11) is 0. The van der Waals surface area contributed by atoms with Gasteiger partial charge in [-0.05, 0) is 31.7 Å². The van der Waals surface area contributed by atoms with Crippen LogP contribution < -0.4 is 10.9 Å². The van der Waals surface area contributed by atoms with Crippen LogP contribution in [0.15, 0.2) is 16.9 Å². The number of amides is 1. The first-order valence-corrected chi connectivity index (χ1v) is 6.62.